The lowest BCUT2D eigenvalue weighted by Crippen LogP contribution is -2.03. The van der Waals surface area contributed by atoms with Gasteiger partial charge in [0.15, 0.2) is 0 Å². The summed E-state index contributed by atoms with van der Waals surface area (Å²) < 4.78 is 29.6. The molecule has 0 spiro atoms. The quantitative estimate of drug-likeness (QED) is 0.758. The molecule has 0 bridgehead atoms. The Morgan fingerprint density at radius 3 is 2.50 bits per heavy atom. The van der Waals surface area contributed by atoms with E-state index in [-0.39, 0.29) is 11.6 Å². The Balaban J connectivity index is 2.05. The summed E-state index contributed by atoms with van der Waals surface area (Å²) in [5.74, 6) is -0.667. The van der Waals surface area contributed by atoms with E-state index in [1.807, 2.05) is 49.7 Å². The van der Waals surface area contributed by atoms with Crippen LogP contribution in [0.1, 0.15) is 25.3 Å². The lowest BCUT2D eigenvalue weighted by molar-refractivity contribution is 0.567. The fourth-order valence-electron chi connectivity index (χ4n) is 2.48. The van der Waals surface area contributed by atoms with Crippen molar-refractivity contribution < 1.29 is 8.78 Å². The molecule has 1 aromatic heterocycles. The molecule has 0 unspecified atom stereocenters. The third kappa shape index (κ3) is 2.43. The monoisotopic (exact) mass is 301 g/mol. The zero-order valence-electron chi connectivity index (χ0n) is 12.7. The maximum Gasteiger partial charge on any atom is 0.208 e. The molecule has 0 saturated heterocycles. The first-order valence-corrected chi connectivity index (χ1v) is 7.15. The number of hydrogen-bond donors (Lipinski definition) is 1. The highest BCUT2D eigenvalue weighted by Crippen LogP contribution is 2.28. The summed E-state index contributed by atoms with van der Waals surface area (Å²) in [6.45, 7) is 3.74. The summed E-state index contributed by atoms with van der Waals surface area (Å²) in [6, 6.07) is 10.1. The molecule has 1 N–H and O–H groups in total. The van der Waals surface area contributed by atoms with Crippen LogP contribution in [0.2, 0.25) is 0 Å². The number of benzene rings is 2. The van der Waals surface area contributed by atoms with Crippen molar-refractivity contribution in [3.63, 3.8) is 0 Å². The molecule has 5 heteroatoms. The average molecular weight is 301 g/mol. The van der Waals surface area contributed by atoms with Crippen LogP contribution in [-0.4, -0.2) is 9.55 Å². The van der Waals surface area contributed by atoms with Crippen molar-refractivity contribution in [2.24, 2.45) is 7.05 Å². The van der Waals surface area contributed by atoms with Crippen molar-refractivity contribution in [2.75, 3.05) is 5.32 Å². The van der Waals surface area contributed by atoms with Crippen molar-refractivity contribution in [3.05, 3.63) is 53.6 Å². The minimum absolute atomic E-state index is 0.0263. The summed E-state index contributed by atoms with van der Waals surface area (Å²) in [5, 5.41) is 2.96. The molecule has 0 amide bonds. The molecule has 0 aliphatic carbocycles. The number of rotatable bonds is 3. The fourth-order valence-corrected chi connectivity index (χ4v) is 2.48. The van der Waals surface area contributed by atoms with Crippen LogP contribution >= 0.6 is 0 Å². The lowest BCUT2D eigenvalue weighted by Gasteiger charge is -2.12. The molecule has 0 aliphatic heterocycles. The van der Waals surface area contributed by atoms with Crippen LogP contribution < -0.4 is 5.32 Å². The van der Waals surface area contributed by atoms with Crippen LogP contribution in [0.3, 0.4) is 0 Å². The first-order chi connectivity index (χ1) is 10.5. The van der Waals surface area contributed by atoms with Gasteiger partial charge in [0.05, 0.1) is 16.7 Å². The number of anilines is 2. The van der Waals surface area contributed by atoms with Crippen molar-refractivity contribution in [1.29, 1.82) is 0 Å². The molecule has 3 aromatic rings. The number of aryl methyl sites for hydroxylation is 1. The highest BCUT2D eigenvalue weighted by molar-refractivity contribution is 5.79. The molecule has 3 rings (SSSR count). The van der Waals surface area contributed by atoms with E-state index in [0.29, 0.717) is 11.5 Å². The number of aromatic nitrogens is 2. The van der Waals surface area contributed by atoms with Gasteiger partial charge in [-0.15, -0.1) is 0 Å². The SMILES string of the molecule is CC(C)c1cc(Nc2nc3ccccc3n2C)c(F)cc1F. The van der Waals surface area contributed by atoms with Crippen LogP contribution in [0, 0.1) is 11.6 Å². The Hall–Kier alpha value is -2.43. The van der Waals surface area contributed by atoms with E-state index in [1.54, 1.807) is 0 Å². The van der Waals surface area contributed by atoms with Crippen LogP contribution in [0.4, 0.5) is 20.4 Å². The number of hydrogen-bond acceptors (Lipinski definition) is 2. The molecule has 2 aromatic carbocycles. The third-order valence-electron chi connectivity index (χ3n) is 3.74. The van der Waals surface area contributed by atoms with Crippen molar-refractivity contribution in [3.8, 4) is 0 Å². The molecule has 0 saturated carbocycles. The first-order valence-electron chi connectivity index (χ1n) is 7.15. The maximum atomic E-state index is 14.0. The summed E-state index contributed by atoms with van der Waals surface area (Å²) in [5.41, 5.74) is 2.46. The smallest absolute Gasteiger partial charge is 0.208 e. The fraction of sp³-hybridized carbons (Fsp3) is 0.235. The van der Waals surface area contributed by atoms with E-state index in [1.165, 1.54) is 6.07 Å². The third-order valence-corrected chi connectivity index (χ3v) is 3.74. The predicted octanol–water partition coefficient (Wildman–Crippen LogP) is 4.72. The number of imidazole rings is 1. The summed E-state index contributed by atoms with van der Waals surface area (Å²) in [4.78, 5) is 4.44. The van der Waals surface area contributed by atoms with Gasteiger partial charge < -0.3 is 9.88 Å². The zero-order chi connectivity index (χ0) is 15.9. The second-order valence-electron chi connectivity index (χ2n) is 5.62. The highest BCUT2D eigenvalue weighted by Gasteiger charge is 2.15. The number of para-hydroxylation sites is 2. The Morgan fingerprint density at radius 1 is 1.09 bits per heavy atom. The van der Waals surface area contributed by atoms with Crippen LogP contribution in [0.5, 0.6) is 0 Å². The second-order valence-corrected chi connectivity index (χ2v) is 5.62. The van der Waals surface area contributed by atoms with Gasteiger partial charge in [0.2, 0.25) is 5.95 Å². The Kier molecular flexibility index (Phi) is 3.56. The van der Waals surface area contributed by atoms with Gasteiger partial charge in [0.25, 0.3) is 0 Å². The van der Waals surface area contributed by atoms with Crippen molar-refractivity contribution >= 4 is 22.7 Å². The van der Waals surface area contributed by atoms with Crippen LogP contribution in [0.25, 0.3) is 11.0 Å². The molecule has 1 heterocycles. The topological polar surface area (TPSA) is 29.9 Å². The van der Waals surface area contributed by atoms with Gasteiger partial charge >= 0.3 is 0 Å². The van der Waals surface area contributed by atoms with Gasteiger partial charge in [-0.3, -0.25) is 0 Å². The maximum absolute atomic E-state index is 14.0. The molecular formula is C17H17F2N3. The second kappa shape index (κ2) is 5.40. The predicted molar refractivity (Wildman–Crippen MR) is 84.4 cm³/mol. The highest BCUT2D eigenvalue weighted by atomic mass is 19.1. The van der Waals surface area contributed by atoms with Gasteiger partial charge in [-0.25, -0.2) is 13.8 Å². The molecule has 0 atom stereocenters. The Labute approximate surface area is 127 Å². The first kappa shape index (κ1) is 14.5. The Bertz CT molecular complexity index is 837. The molecule has 114 valence electrons. The van der Waals surface area contributed by atoms with E-state index in [9.17, 15) is 8.78 Å². The van der Waals surface area contributed by atoms with E-state index in [2.05, 4.69) is 10.3 Å². The molecular weight excluding hydrogens is 284 g/mol. The van der Waals surface area contributed by atoms with Gasteiger partial charge in [-0.05, 0) is 29.7 Å². The summed E-state index contributed by atoms with van der Waals surface area (Å²) in [6.07, 6.45) is 0. The number of nitrogens with zero attached hydrogens (tertiary/aromatic N) is 2. The van der Waals surface area contributed by atoms with Crippen molar-refractivity contribution in [1.82, 2.24) is 9.55 Å². The molecule has 0 radical (unpaired) electrons. The molecule has 0 fully saturated rings. The van der Waals surface area contributed by atoms with Gasteiger partial charge in [0.1, 0.15) is 11.6 Å². The largest absolute Gasteiger partial charge is 0.323 e. The van der Waals surface area contributed by atoms with Crippen LogP contribution in [0.15, 0.2) is 36.4 Å². The van der Waals surface area contributed by atoms with Gasteiger partial charge in [-0.2, -0.15) is 0 Å². The van der Waals surface area contributed by atoms with Gasteiger partial charge in [-0.1, -0.05) is 26.0 Å². The van der Waals surface area contributed by atoms with E-state index < -0.39 is 11.6 Å². The molecule has 22 heavy (non-hydrogen) atoms. The number of fused-ring (bicyclic) bond motifs is 1. The van der Waals surface area contributed by atoms with Crippen molar-refractivity contribution in [2.45, 2.75) is 19.8 Å². The van der Waals surface area contributed by atoms with Crippen LogP contribution in [-0.2, 0) is 7.05 Å². The standard InChI is InChI=1S/C17H17F2N3/c1-10(2)11-8-15(13(19)9-12(11)18)21-17-20-14-6-4-5-7-16(14)22(17)3/h4-10H,1-3H3,(H,20,21). The van der Waals surface area contributed by atoms with Gasteiger partial charge in [0, 0.05) is 13.1 Å². The summed E-state index contributed by atoms with van der Waals surface area (Å²) in [7, 11) is 1.85. The minimum Gasteiger partial charge on any atom is -0.323 e. The van der Waals surface area contributed by atoms with E-state index in [4.69, 9.17) is 0 Å². The number of halogens is 2. The average Bonchev–Trinajstić information content (AvgIpc) is 2.78. The molecule has 0 aliphatic rings. The number of nitrogens with one attached hydrogen (secondary N) is 1. The summed E-state index contributed by atoms with van der Waals surface area (Å²) >= 11 is 0. The normalized spacial score (nSPS) is 11.4. The van der Waals surface area contributed by atoms with E-state index in [0.717, 1.165) is 17.1 Å². The minimum atomic E-state index is -0.631. The zero-order valence-corrected chi connectivity index (χ0v) is 12.7. The lowest BCUT2D eigenvalue weighted by atomic mass is 10.0. The molecule has 3 nitrogen and oxygen atoms in total. The van der Waals surface area contributed by atoms with E-state index >= 15 is 0 Å². The Morgan fingerprint density at radius 2 is 1.82 bits per heavy atom.